The van der Waals surface area contributed by atoms with Crippen molar-refractivity contribution in [2.24, 2.45) is 0 Å². The van der Waals surface area contributed by atoms with Crippen molar-refractivity contribution in [2.75, 3.05) is 11.9 Å². The Morgan fingerprint density at radius 3 is 2.34 bits per heavy atom. The van der Waals surface area contributed by atoms with Crippen LogP contribution in [0.2, 0.25) is 0 Å². The first-order chi connectivity index (χ1) is 15.5. The molecule has 1 N–H and O–H groups in total. The van der Waals surface area contributed by atoms with Crippen molar-refractivity contribution >= 4 is 23.1 Å². The van der Waals surface area contributed by atoms with Crippen LogP contribution in [0.1, 0.15) is 29.2 Å². The number of carbonyl (C=O) groups excluding carboxylic acids is 2. The Kier molecular flexibility index (Phi) is 6.08. The molecule has 0 spiro atoms. The van der Waals surface area contributed by atoms with Crippen molar-refractivity contribution in [1.29, 1.82) is 0 Å². The maximum atomic E-state index is 13.5. The maximum absolute atomic E-state index is 13.5. The van der Waals surface area contributed by atoms with E-state index in [1.54, 1.807) is 0 Å². The number of anilines is 1. The molecule has 3 aromatic rings. The number of aryl methyl sites for hydroxylation is 2. The number of nitrogens with one attached hydrogen (secondary N) is 1. The van der Waals surface area contributed by atoms with Crippen LogP contribution in [0.5, 0.6) is 5.75 Å². The Bertz CT molecular complexity index is 1200. The lowest BCUT2D eigenvalue weighted by Gasteiger charge is -2.15. The minimum absolute atomic E-state index is 0.219. The van der Waals surface area contributed by atoms with Crippen LogP contribution in [0.25, 0.3) is 5.57 Å². The van der Waals surface area contributed by atoms with Gasteiger partial charge in [0.1, 0.15) is 11.4 Å². The third-order valence-electron chi connectivity index (χ3n) is 5.56. The summed E-state index contributed by atoms with van der Waals surface area (Å²) in [7, 11) is 0. The van der Waals surface area contributed by atoms with E-state index in [1.807, 2.05) is 93.6 Å². The lowest BCUT2D eigenvalue weighted by atomic mass is 9.99. The summed E-state index contributed by atoms with van der Waals surface area (Å²) in [6.07, 6.45) is 0. The molecule has 0 bridgehead atoms. The molecule has 32 heavy (non-hydrogen) atoms. The topological polar surface area (TPSA) is 58.6 Å². The zero-order valence-corrected chi connectivity index (χ0v) is 18.5. The van der Waals surface area contributed by atoms with Gasteiger partial charge in [0, 0.05) is 11.8 Å². The van der Waals surface area contributed by atoms with Gasteiger partial charge in [-0.2, -0.15) is 0 Å². The molecule has 0 unspecified atom stereocenters. The van der Waals surface area contributed by atoms with Gasteiger partial charge in [-0.3, -0.25) is 14.5 Å². The molecule has 4 rings (SSSR count). The predicted molar refractivity (Wildman–Crippen MR) is 126 cm³/mol. The highest BCUT2D eigenvalue weighted by molar-refractivity contribution is 6.36. The third-order valence-corrected chi connectivity index (χ3v) is 5.56. The van der Waals surface area contributed by atoms with E-state index in [4.69, 9.17) is 4.74 Å². The molecule has 1 aliphatic rings. The van der Waals surface area contributed by atoms with Crippen LogP contribution in [0.3, 0.4) is 0 Å². The van der Waals surface area contributed by atoms with Gasteiger partial charge in [-0.25, -0.2) is 0 Å². The normalized spacial score (nSPS) is 13.7. The summed E-state index contributed by atoms with van der Waals surface area (Å²) >= 11 is 0. The average molecular weight is 427 g/mol. The molecular formula is C27H26N2O3. The maximum Gasteiger partial charge on any atom is 0.278 e. The van der Waals surface area contributed by atoms with Crippen LogP contribution in [0, 0.1) is 13.8 Å². The molecule has 0 aromatic heterocycles. The second kappa shape index (κ2) is 9.10. The number of imide groups is 1. The summed E-state index contributed by atoms with van der Waals surface area (Å²) in [5, 5.41) is 3.21. The highest BCUT2D eigenvalue weighted by atomic mass is 16.5. The van der Waals surface area contributed by atoms with Gasteiger partial charge in [0.05, 0.1) is 18.7 Å². The van der Waals surface area contributed by atoms with Crippen molar-refractivity contribution in [2.45, 2.75) is 27.3 Å². The zero-order valence-electron chi connectivity index (χ0n) is 18.5. The van der Waals surface area contributed by atoms with Gasteiger partial charge in [-0.15, -0.1) is 0 Å². The number of hydrogen-bond acceptors (Lipinski definition) is 4. The van der Waals surface area contributed by atoms with Gasteiger partial charge in [0.15, 0.2) is 0 Å². The Hall–Kier alpha value is -3.86. The van der Waals surface area contributed by atoms with E-state index in [2.05, 4.69) is 5.32 Å². The summed E-state index contributed by atoms with van der Waals surface area (Å²) in [6, 6.07) is 22.7. The van der Waals surface area contributed by atoms with Gasteiger partial charge < -0.3 is 10.1 Å². The molecule has 1 heterocycles. The minimum atomic E-state index is -0.339. The number of ether oxygens (including phenoxy) is 1. The lowest BCUT2D eigenvalue weighted by Crippen LogP contribution is -2.32. The summed E-state index contributed by atoms with van der Waals surface area (Å²) in [5.74, 6) is 0.0585. The predicted octanol–water partition coefficient (Wildman–Crippen LogP) is 5.09. The minimum Gasteiger partial charge on any atom is -0.494 e. The van der Waals surface area contributed by atoms with E-state index in [1.165, 1.54) is 4.90 Å². The Morgan fingerprint density at radius 2 is 1.62 bits per heavy atom. The van der Waals surface area contributed by atoms with Gasteiger partial charge in [0.2, 0.25) is 0 Å². The highest BCUT2D eigenvalue weighted by Crippen LogP contribution is 2.33. The van der Waals surface area contributed by atoms with Crippen molar-refractivity contribution in [3.63, 3.8) is 0 Å². The number of rotatable bonds is 7. The highest BCUT2D eigenvalue weighted by Gasteiger charge is 2.39. The Balaban J connectivity index is 1.75. The molecule has 0 radical (unpaired) electrons. The van der Waals surface area contributed by atoms with Crippen molar-refractivity contribution in [1.82, 2.24) is 4.90 Å². The molecule has 0 fully saturated rings. The molecule has 2 amide bonds. The molecule has 0 saturated heterocycles. The zero-order chi connectivity index (χ0) is 22.7. The SMILES string of the molecule is CCOc1cccc(NC2=C(c3ccc(C)c(C)c3)C(=O)N(Cc3ccccc3)C2=O)c1. The molecule has 5 heteroatoms. The van der Waals surface area contributed by atoms with Crippen LogP contribution >= 0.6 is 0 Å². The smallest absolute Gasteiger partial charge is 0.278 e. The number of amides is 2. The molecule has 5 nitrogen and oxygen atoms in total. The van der Waals surface area contributed by atoms with Crippen molar-refractivity contribution in [3.05, 3.63) is 101 Å². The second-order valence-electron chi connectivity index (χ2n) is 7.82. The molecule has 162 valence electrons. The molecule has 0 atom stereocenters. The fraction of sp³-hybridized carbons (Fsp3) is 0.185. The largest absolute Gasteiger partial charge is 0.494 e. The van der Waals surface area contributed by atoms with E-state index < -0.39 is 0 Å². The fourth-order valence-electron chi connectivity index (χ4n) is 3.74. The van der Waals surface area contributed by atoms with Gasteiger partial charge in [0.25, 0.3) is 11.8 Å². The Labute approximate surface area is 188 Å². The number of benzene rings is 3. The van der Waals surface area contributed by atoms with Crippen LogP contribution in [0.15, 0.2) is 78.5 Å². The van der Waals surface area contributed by atoms with Gasteiger partial charge in [-0.05, 0) is 55.2 Å². The summed E-state index contributed by atoms with van der Waals surface area (Å²) < 4.78 is 5.58. The molecule has 0 saturated carbocycles. The number of carbonyl (C=O) groups is 2. The summed E-state index contributed by atoms with van der Waals surface area (Å²) in [6.45, 7) is 6.71. The number of hydrogen-bond donors (Lipinski definition) is 1. The monoisotopic (exact) mass is 426 g/mol. The summed E-state index contributed by atoms with van der Waals surface area (Å²) in [5.41, 5.74) is 5.17. The van der Waals surface area contributed by atoms with Gasteiger partial charge in [-0.1, -0.05) is 54.6 Å². The van der Waals surface area contributed by atoms with Gasteiger partial charge >= 0.3 is 0 Å². The molecule has 1 aliphatic heterocycles. The van der Waals surface area contributed by atoms with Crippen LogP contribution < -0.4 is 10.1 Å². The van der Waals surface area contributed by atoms with E-state index >= 15 is 0 Å². The van der Waals surface area contributed by atoms with Crippen LogP contribution in [-0.2, 0) is 16.1 Å². The standard InChI is InChI=1S/C27H26N2O3/c1-4-32-23-12-8-11-22(16-23)28-25-24(21-14-13-18(2)19(3)15-21)26(30)29(27(25)31)17-20-9-6-5-7-10-20/h5-16,28H,4,17H2,1-3H3. The molecule has 3 aromatic carbocycles. The third kappa shape index (κ3) is 4.28. The van der Waals surface area contributed by atoms with E-state index in [0.29, 0.717) is 23.6 Å². The Morgan fingerprint density at radius 1 is 0.844 bits per heavy atom. The van der Waals surface area contributed by atoms with E-state index in [9.17, 15) is 9.59 Å². The van der Waals surface area contributed by atoms with E-state index in [0.717, 1.165) is 22.3 Å². The first-order valence-electron chi connectivity index (χ1n) is 10.7. The van der Waals surface area contributed by atoms with Crippen molar-refractivity contribution < 1.29 is 14.3 Å². The van der Waals surface area contributed by atoms with Crippen LogP contribution in [-0.4, -0.2) is 23.3 Å². The molecule has 0 aliphatic carbocycles. The first-order valence-corrected chi connectivity index (χ1v) is 10.7. The quantitative estimate of drug-likeness (QED) is 0.535. The molecular weight excluding hydrogens is 400 g/mol. The van der Waals surface area contributed by atoms with Crippen LogP contribution in [0.4, 0.5) is 5.69 Å². The summed E-state index contributed by atoms with van der Waals surface area (Å²) in [4.78, 5) is 28.2. The second-order valence-corrected chi connectivity index (χ2v) is 7.82. The van der Waals surface area contributed by atoms with Crippen molar-refractivity contribution in [3.8, 4) is 5.75 Å². The first kappa shape index (κ1) is 21.4. The lowest BCUT2D eigenvalue weighted by molar-refractivity contribution is -0.137. The average Bonchev–Trinajstić information content (AvgIpc) is 3.01. The fourth-order valence-corrected chi connectivity index (χ4v) is 3.74. The van der Waals surface area contributed by atoms with E-state index in [-0.39, 0.29) is 24.1 Å². The number of nitrogens with zero attached hydrogens (tertiary/aromatic N) is 1.